The number of anilines is 2. The number of rotatable bonds is 3. The Hall–Kier alpha value is -3.00. The number of carbonyl (C=O) groups is 3. The molecule has 1 N–H and O–H groups in total. The van der Waals surface area contributed by atoms with Crippen LogP contribution in [0.4, 0.5) is 20.6 Å². The molecule has 2 heterocycles. The maximum atomic E-state index is 14.6. The zero-order valence-electron chi connectivity index (χ0n) is 15.3. The number of amides is 4. The molecule has 0 atom stereocenters. The van der Waals surface area contributed by atoms with Crippen molar-refractivity contribution >= 4 is 51.2 Å². The SMILES string of the molecule is O=C1NC(=O)N(c2cccc(Br)c2)C(=O)C1=Cc1ccc(N2CCCC2)c(F)c1. The van der Waals surface area contributed by atoms with Crippen LogP contribution in [0.5, 0.6) is 0 Å². The predicted octanol–water partition coefficient (Wildman–Crippen LogP) is 3.85. The highest BCUT2D eigenvalue weighted by molar-refractivity contribution is 9.10. The van der Waals surface area contributed by atoms with Crippen LogP contribution in [0.25, 0.3) is 6.08 Å². The number of carbonyl (C=O) groups excluding carboxylic acids is 3. The Bertz CT molecular complexity index is 1050. The van der Waals surface area contributed by atoms with Crippen LogP contribution in [-0.4, -0.2) is 30.9 Å². The molecule has 0 unspecified atom stereocenters. The lowest BCUT2D eigenvalue weighted by Gasteiger charge is -2.26. The highest BCUT2D eigenvalue weighted by atomic mass is 79.9. The molecule has 4 rings (SSSR count). The van der Waals surface area contributed by atoms with Gasteiger partial charge in [0, 0.05) is 17.6 Å². The van der Waals surface area contributed by atoms with Crippen molar-refractivity contribution in [2.24, 2.45) is 0 Å². The Morgan fingerprint density at radius 1 is 1.03 bits per heavy atom. The van der Waals surface area contributed by atoms with E-state index in [2.05, 4.69) is 21.2 Å². The number of nitrogens with one attached hydrogen (secondary N) is 1. The van der Waals surface area contributed by atoms with Gasteiger partial charge in [0.1, 0.15) is 11.4 Å². The second-order valence-electron chi connectivity index (χ2n) is 6.84. The number of benzene rings is 2. The van der Waals surface area contributed by atoms with Gasteiger partial charge < -0.3 is 4.90 Å². The molecule has 8 heteroatoms. The molecule has 2 aromatic rings. The Kier molecular flexibility index (Phi) is 5.19. The minimum Gasteiger partial charge on any atom is -0.369 e. The highest BCUT2D eigenvalue weighted by Gasteiger charge is 2.36. The molecule has 29 heavy (non-hydrogen) atoms. The summed E-state index contributed by atoms with van der Waals surface area (Å²) in [6.07, 6.45) is 3.35. The summed E-state index contributed by atoms with van der Waals surface area (Å²) in [6.45, 7) is 1.61. The summed E-state index contributed by atoms with van der Waals surface area (Å²) in [5, 5.41) is 2.16. The monoisotopic (exact) mass is 457 g/mol. The zero-order chi connectivity index (χ0) is 20.5. The van der Waals surface area contributed by atoms with Crippen LogP contribution in [-0.2, 0) is 9.59 Å². The van der Waals surface area contributed by atoms with E-state index in [-0.39, 0.29) is 5.57 Å². The Balaban J connectivity index is 1.67. The maximum Gasteiger partial charge on any atom is 0.335 e. The largest absolute Gasteiger partial charge is 0.369 e. The number of halogens is 2. The lowest BCUT2D eigenvalue weighted by molar-refractivity contribution is -0.122. The van der Waals surface area contributed by atoms with Gasteiger partial charge in [-0.2, -0.15) is 0 Å². The van der Waals surface area contributed by atoms with Crippen molar-refractivity contribution in [2.45, 2.75) is 12.8 Å². The van der Waals surface area contributed by atoms with Crippen LogP contribution < -0.4 is 15.1 Å². The summed E-state index contributed by atoms with van der Waals surface area (Å²) in [5.74, 6) is -1.99. The molecule has 2 aliphatic heterocycles. The van der Waals surface area contributed by atoms with Crippen LogP contribution in [0.3, 0.4) is 0 Å². The third kappa shape index (κ3) is 3.80. The lowest BCUT2D eigenvalue weighted by Crippen LogP contribution is -2.54. The summed E-state index contributed by atoms with van der Waals surface area (Å²) in [5.41, 5.74) is 0.955. The second-order valence-corrected chi connectivity index (χ2v) is 7.76. The second kappa shape index (κ2) is 7.79. The average molecular weight is 458 g/mol. The Labute approximate surface area is 175 Å². The van der Waals surface area contributed by atoms with Gasteiger partial charge in [0.2, 0.25) is 0 Å². The van der Waals surface area contributed by atoms with Gasteiger partial charge in [-0.1, -0.05) is 28.1 Å². The van der Waals surface area contributed by atoms with Gasteiger partial charge in [0.05, 0.1) is 11.4 Å². The molecular weight excluding hydrogens is 441 g/mol. The van der Waals surface area contributed by atoms with E-state index in [0.717, 1.165) is 30.8 Å². The minimum absolute atomic E-state index is 0.238. The predicted molar refractivity (Wildman–Crippen MR) is 111 cm³/mol. The first-order valence-corrected chi connectivity index (χ1v) is 9.95. The van der Waals surface area contributed by atoms with Gasteiger partial charge in [-0.3, -0.25) is 14.9 Å². The third-order valence-electron chi connectivity index (χ3n) is 4.90. The number of nitrogens with zero attached hydrogens (tertiary/aromatic N) is 2. The fourth-order valence-corrected chi connectivity index (χ4v) is 3.89. The normalized spacial score (nSPS) is 18.6. The maximum absolute atomic E-state index is 14.6. The number of barbiturate groups is 1. The molecule has 2 aliphatic rings. The van der Waals surface area contributed by atoms with E-state index in [0.29, 0.717) is 21.4 Å². The van der Waals surface area contributed by atoms with E-state index in [1.807, 2.05) is 4.90 Å². The van der Waals surface area contributed by atoms with E-state index in [4.69, 9.17) is 0 Å². The summed E-state index contributed by atoms with van der Waals surface area (Å²) in [7, 11) is 0. The van der Waals surface area contributed by atoms with Crippen molar-refractivity contribution in [3.05, 3.63) is 63.9 Å². The van der Waals surface area contributed by atoms with Crippen molar-refractivity contribution < 1.29 is 18.8 Å². The first kappa shape index (κ1) is 19.3. The van der Waals surface area contributed by atoms with Crippen molar-refractivity contribution in [2.75, 3.05) is 22.9 Å². The van der Waals surface area contributed by atoms with Gasteiger partial charge in [-0.15, -0.1) is 0 Å². The first-order chi connectivity index (χ1) is 13.9. The van der Waals surface area contributed by atoms with Crippen molar-refractivity contribution in [3.63, 3.8) is 0 Å². The van der Waals surface area contributed by atoms with Crippen molar-refractivity contribution in [1.82, 2.24) is 5.32 Å². The number of hydrogen-bond donors (Lipinski definition) is 1. The summed E-state index contributed by atoms with van der Waals surface area (Å²) < 4.78 is 15.3. The fraction of sp³-hybridized carbons (Fsp3) is 0.190. The smallest absolute Gasteiger partial charge is 0.335 e. The summed E-state index contributed by atoms with van der Waals surface area (Å²) in [6, 6.07) is 10.4. The molecule has 0 spiro atoms. The molecule has 2 saturated heterocycles. The summed E-state index contributed by atoms with van der Waals surface area (Å²) >= 11 is 3.30. The van der Waals surface area contributed by atoms with E-state index < -0.39 is 23.7 Å². The van der Waals surface area contributed by atoms with Crippen molar-refractivity contribution in [1.29, 1.82) is 0 Å². The molecule has 0 aromatic heterocycles. The number of hydrogen-bond acceptors (Lipinski definition) is 4. The molecule has 6 nitrogen and oxygen atoms in total. The quantitative estimate of drug-likeness (QED) is 0.561. The van der Waals surface area contributed by atoms with Gasteiger partial charge in [-0.25, -0.2) is 14.1 Å². The molecule has 0 aliphatic carbocycles. The number of urea groups is 1. The molecule has 4 amide bonds. The average Bonchev–Trinajstić information content (AvgIpc) is 3.19. The van der Waals surface area contributed by atoms with Crippen molar-refractivity contribution in [3.8, 4) is 0 Å². The molecule has 2 aromatic carbocycles. The van der Waals surface area contributed by atoms with Gasteiger partial charge in [-0.05, 0) is 54.8 Å². The third-order valence-corrected chi connectivity index (χ3v) is 5.39. The van der Waals surface area contributed by atoms with E-state index >= 15 is 0 Å². The Morgan fingerprint density at radius 3 is 2.48 bits per heavy atom. The van der Waals surface area contributed by atoms with Crippen LogP contribution in [0.15, 0.2) is 52.5 Å². The van der Waals surface area contributed by atoms with E-state index in [1.54, 1.807) is 36.4 Å². The van der Waals surface area contributed by atoms with E-state index in [9.17, 15) is 18.8 Å². The molecule has 0 radical (unpaired) electrons. The van der Waals surface area contributed by atoms with Crippen LogP contribution >= 0.6 is 15.9 Å². The lowest BCUT2D eigenvalue weighted by atomic mass is 10.1. The minimum atomic E-state index is -0.828. The summed E-state index contributed by atoms with van der Waals surface area (Å²) in [4.78, 5) is 40.2. The fourth-order valence-electron chi connectivity index (χ4n) is 3.50. The topological polar surface area (TPSA) is 69.7 Å². The number of imide groups is 2. The standard InChI is InChI=1S/C21H17BrFN3O3/c22-14-4-3-5-15(12-14)26-20(28)16(19(27)24-21(26)29)10-13-6-7-18(17(23)11-13)25-8-1-2-9-25/h3-7,10-12H,1-2,8-9H2,(H,24,27,29). The van der Waals surface area contributed by atoms with Gasteiger partial charge >= 0.3 is 6.03 Å². The van der Waals surface area contributed by atoms with Crippen LogP contribution in [0.2, 0.25) is 0 Å². The molecule has 0 bridgehead atoms. The van der Waals surface area contributed by atoms with E-state index in [1.165, 1.54) is 12.1 Å². The van der Waals surface area contributed by atoms with Gasteiger partial charge in [0.15, 0.2) is 0 Å². The molecule has 148 valence electrons. The molecule has 0 saturated carbocycles. The Morgan fingerprint density at radius 2 is 1.79 bits per heavy atom. The van der Waals surface area contributed by atoms with Gasteiger partial charge in [0.25, 0.3) is 11.8 Å². The first-order valence-electron chi connectivity index (χ1n) is 9.15. The highest BCUT2D eigenvalue weighted by Crippen LogP contribution is 2.27. The zero-order valence-corrected chi connectivity index (χ0v) is 16.9. The van der Waals surface area contributed by atoms with Crippen LogP contribution in [0.1, 0.15) is 18.4 Å². The molecule has 2 fully saturated rings. The van der Waals surface area contributed by atoms with Crippen LogP contribution in [0, 0.1) is 5.82 Å². The molecular formula is C21H17BrFN3O3.